The number of carbonyl (C=O) groups excluding carboxylic acids is 2. The van der Waals surface area contributed by atoms with Gasteiger partial charge in [-0.1, -0.05) is 93.6 Å². The topological polar surface area (TPSA) is 67.2 Å². The second-order valence-electron chi connectivity index (χ2n) is 11.2. The van der Waals surface area contributed by atoms with Gasteiger partial charge < -0.3 is 10.2 Å². The highest BCUT2D eigenvalue weighted by atomic mass is 16.2. The minimum atomic E-state index is -0.292. The average molecular weight is 531 g/mol. The van der Waals surface area contributed by atoms with E-state index < -0.39 is 0 Å². The first-order chi connectivity index (χ1) is 19.2. The molecular weight excluding hydrogens is 496 g/mol. The van der Waals surface area contributed by atoms with Crippen LogP contribution in [0.1, 0.15) is 48.0 Å². The van der Waals surface area contributed by atoms with Crippen molar-refractivity contribution in [2.24, 2.45) is 0 Å². The van der Waals surface area contributed by atoms with Crippen LogP contribution in [0.3, 0.4) is 0 Å². The van der Waals surface area contributed by atoms with E-state index in [4.69, 9.17) is 5.10 Å². The third kappa shape index (κ3) is 6.12. The summed E-state index contributed by atoms with van der Waals surface area (Å²) >= 11 is 0. The van der Waals surface area contributed by atoms with Gasteiger partial charge in [-0.25, -0.2) is 4.68 Å². The monoisotopic (exact) mass is 530 g/mol. The molecule has 6 nitrogen and oxygen atoms in total. The average Bonchev–Trinajstić information content (AvgIpc) is 3.37. The Kier molecular flexibility index (Phi) is 7.52. The van der Waals surface area contributed by atoms with Crippen molar-refractivity contribution in [2.45, 2.75) is 39.7 Å². The molecule has 202 valence electrons. The van der Waals surface area contributed by atoms with E-state index in [1.165, 1.54) is 0 Å². The highest BCUT2D eigenvalue weighted by molar-refractivity contribution is 6.01. The molecule has 5 rings (SSSR count). The highest BCUT2D eigenvalue weighted by Gasteiger charge is 2.24. The summed E-state index contributed by atoms with van der Waals surface area (Å²) in [4.78, 5) is 28.9. The smallest absolute Gasteiger partial charge is 0.254 e. The summed E-state index contributed by atoms with van der Waals surface area (Å²) in [6.07, 6.45) is 0. The Morgan fingerprint density at radius 3 is 2.27 bits per heavy atom. The Morgan fingerprint density at radius 1 is 0.825 bits per heavy atom. The molecule has 5 aromatic rings. The molecule has 0 fully saturated rings. The van der Waals surface area contributed by atoms with E-state index in [0.29, 0.717) is 17.9 Å². The maximum Gasteiger partial charge on any atom is 0.254 e. The van der Waals surface area contributed by atoms with Crippen molar-refractivity contribution >= 4 is 28.4 Å². The zero-order valence-corrected chi connectivity index (χ0v) is 23.4. The predicted molar refractivity (Wildman–Crippen MR) is 161 cm³/mol. The van der Waals surface area contributed by atoms with Crippen molar-refractivity contribution in [2.75, 3.05) is 11.9 Å². The van der Waals surface area contributed by atoms with Crippen molar-refractivity contribution in [3.63, 3.8) is 0 Å². The number of rotatable bonds is 7. The van der Waals surface area contributed by atoms with Gasteiger partial charge in [0.1, 0.15) is 12.4 Å². The molecule has 0 bridgehead atoms. The van der Waals surface area contributed by atoms with Gasteiger partial charge in [0.15, 0.2) is 0 Å². The molecule has 0 aliphatic carbocycles. The first kappa shape index (κ1) is 26.9. The minimum Gasteiger partial charge on any atom is -0.325 e. The fourth-order valence-corrected chi connectivity index (χ4v) is 4.66. The quantitative estimate of drug-likeness (QED) is 0.249. The normalized spacial score (nSPS) is 11.4. The summed E-state index contributed by atoms with van der Waals surface area (Å²) in [6, 6.07) is 33.2. The van der Waals surface area contributed by atoms with Gasteiger partial charge in [0.2, 0.25) is 5.91 Å². The van der Waals surface area contributed by atoms with Crippen LogP contribution < -0.4 is 5.32 Å². The number of aromatic nitrogens is 2. The molecule has 1 N–H and O–H groups in total. The molecule has 0 aliphatic rings. The Labute approximate surface area is 235 Å². The van der Waals surface area contributed by atoms with Crippen LogP contribution in [-0.2, 0) is 16.8 Å². The minimum absolute atomic E-state index is 0.107. The maximum absolute atomic E-state index is 13.8. The summed E-state index contributed by atoms with van der Waals surface area (Å²) in [5.41, 5.74) is 4.10. The van der Waals surface area contributed by atoms with Gasteiger partial charge in [-0.05, 0) is 53.1 Å². The first-order valence-electron chi connectivity index (χ1n) is 13.5. The van der Waals surface area contributed by atoms with Crippen molar-refractivity contribution in [1.29, 1.82) is 0 Å². The lowest BCUT2D eigenvalue weighted by molar-refractivity contribution is -0.117. The van der Waals surface area contributed by atoms with Crippen LogP contribution in [0.4, 0.5) is 5.82 Å². The molecule has 0 aliphatic heterocycles. The Bertz CT molecular complexity index is 1660. The zero-order valence-electron chi connectivity index (χ0n) is 23.4. The van der Waals surface area contributed by atoms with E-state index in [2.05, 4.69) is 26.1 Å². The molecule has 40 heavy (non-hydrogen) atoms. The molecule has 2 amide bonds. The summed E-state index contributed by atoms with van der Waals surface area (Å²) in [5, 5.41) is 9.91. The van der Waals surface area contributed by atoms with Gasteiger partial charge in [0, 0.05) is 23.6 Å². The number of fused-ring (bicyclic) bond motifs is 1. The first-order valence-corrected chi connectivity index (χ1v) is 13.5. The van der Waals surface area contributed by atoms with Crippen LogP contribution in [0, 0.1) is 6.92 Å². The second-order valence-corrected chi connectivity index (χ2v) is 11.2. The van der Waals surface area contributed by atoms with Crippen LogP contribution in [-0.4, -0.2) is 33.0 Å². The summed E-state index contributed by atoms with van der Waals surface area (Å²) in [7, 11) is 0. The standard InChI is InChI=1S/C34H34N4O2/c1-24-11-10-16-29(19-24)38-31(21-30(36-38)34(2,3)4)35-32(39)23-37(22-25-12-6-5-7-13-25)33(40)28-18-17-26-14-8-9-15-27(26)20-28/h5-21H,22-23H2,1-4H3,(H,35,39). The molecule has 0 spiro atoms. The fourth-order valence-electron chi connectivity index (χ4n) is 4.66. The van der Waals surface area contributed by atoms with E-state index in [1.54, 1.807) is 9.58 Å². The number of benzene rings is 4. The zero-order chi connectivity index (χ0) is 28.3. The molecule has 6 heteroatoms. The van der Waals surface area contributed by atoms with Crippen molar-refractivity contribution < 1.29 is 9.59 Å². The van der Waals surface area contributed by atoms with Gasteiger partial charge in [0.25, 0.3) is 5.91 Å². The number of aryl methyl sites for hydroxylation is 1. The summed E-state index contributed by atoms with van der Waals surface area (Å²) in [5.74, 6) is 0.0741. The third-order valence-electron chi connectivity index (χ3n) is 6.83. The summed E-state index contributed by atoms with van der Waals surface area (Å²) in [6.45, 7) is 8.49. The molecule has 0 unspecified atom stereocenters. The largest absolute Gasteiger partial charge is 0.325 e. The van der Waals surface area contributed by atoms with E-state index in [0.717, 1.165) is 33.3 Å². The molecule has 0 radical (unpaired) electrons. The van der Waals surface area contributed by atoms with Gasteiger partial charge in [-0.3, -0.25) is 9.59 Å². The van der Waals surface area contributed by atoms with Crippen LogP contribution in [0.25, 0.3) is 16.5 Å². The van der Waals surface area contributed by atoms with Crippen LogP contribution in [0.2, 0.25) is 0 Å². The number of amides is 2. The number of hydrogen-bond donors (Lipinski definition) is 1. The molecular formula is C34H34N4O2. The molecule has 0 saturated carbocycles. The second kappa shape index (κ2) is 11.2. The van der Waals surface area contributed by atoms with Gasteiger partial charge in [-0.2, -0.15) is 5.10 Å². The van der Waals surface area contributed by atoms with Gasteiger partial charge in [0.05, 0.1) is 11.4 Å². The SMILES string of the molecule is Cc1cccc(-n2nc(C(C)(C)C)cc2NC(=O)CN(Cc2ccccc2)C(=O)c2ccc3ccccc3c2)c1. The molecule has 4 aromatic carbocycles. The molecule has 0 saturated heterocycles. The van der Waals surface area contributed by atoms with Crippen molar-refractivity contribution in [3.8, 4) is 5.69 Å². The third-order valence-corrected chi connectivity index (χ3v) is 6.83. The van der Waals surface area contributed by atoms with E-state index >= 15 is 0 Å². The number of hydrogen-bond acceptors (Lipinski definition) is 3. The molecule has 1 heterocycles. The number of carbonyl (C=O) groups is 2. The van der Waals surface area contributed by atoms with Crippen LogP contribution in [0.15, 0.2) is 103 Å². The van der Waals surface area contributed by atoms with Gasteiger partial charge in [-0.15, -0.1) is 0 Å². The van der Waals surface area contributed by atoms with Crippen molar-refractivity contribution in [1.82, 2.24) is 14.7 Å². The predicted octanol–water partition coefficient (Wildman–Crippen LogP) is 6.91. The van der Waals surface area contributed by atoms with E-state index in [1.807, 2.05) is 110 Å². The van der Waals surface area contributed by atoms with E-state index in [-0.39, 0.29) is 23.8 Å². The Hall–Kier alpha value is -4.71. The lowest BCUT2D eigenvalue weighted by atomic mass is 9.92. The highest BCUT2D eigenvalue weighted by Crippen LogP contribution is 2.27. The maximum atomic E-state index is 13.8. The Balaban J connectivity index is 1.44. The lowest BCUT2D eigenvalue weighted by Gasteiger charge is -2.23. The number of nitrogens with zero attached hydrogens (tertiary/aromatic N) is 3. The van der Waals surface area contributed by atoms with Crippen molar-refractivity contribution in [3.05, 3.63) is 126 Å². The number of anilines is 1. The van der Waals surface area contributed by atoms with Gasteiger partial charge >= 0.3 is 0 Å². The molecule has 1 aromatic heterocycles. The van der Waals surface area contributed by atoms with Crippen LogP contribution >= 0.6 is 0 Å². The fraction of sp³-hybridized carbons (Fsp3) is 0.206. The lowest BCUT2D eigenvalue weighted by Crippen LogP contribution is -2.37. The Morgan fingerprint density at radius 2 is 1.55 bits per heavy atom. The van der Waals surface area contributed by atoms with Crippen LogP contribution in [0.5, 0.6) is 0 Å². The summed E-state index contributed by atoms with van der Waals surface area (Å²) < 4.78 is 1.76. The number of nitrogens with one attached hydrogen (secondary N) is 1. The van der Waals surface area contributed by atoms with E-state index in [9.17, 15) is 9.59 Å². The molecule has 0 atom stereocenters.